The van der Waals surface area contributed by atoms with E-state index in [9.17, 15) is 18.0 Å². The molecule has 3 heterocycles. The zero-order valence-corrected chi connectivity index (χ0v) is 19.5. The molecule has 0 aliphatic carbocycles. The molecular weight excluding hydrogens is 465 g/mol. The highest BCUT2D eigenvalue weighted by molar-refractivity contribution is 5.79. The summed E-state index contributed by atoms with van der Waals surface area (Å²) in [6, 6.07) is 7.85. The van der Waals surface area contributed by atoms with E-state index in [0.717, 1.165) is 68.9 Å². The van der Waals surface area contributed by atoms with E-state index in [1.807, 2.05) is 37.4 Å². The first-order chi connectivity index (χ1) is 16.6. The monoisotopic (exact) mass is 494 g/mol. The number of aliphatic carboxylic acids is 1. The van der Waals surface area contributed by atoms with Gasteiger partial charge in [-0.2, -0.15) is 13.2 Å². The molecule has 35 heavy (non-hydrogen) atoms. The smallest absolute Gasteiger partial charge is 0.484 e. The quantitative estimate of drug-likeness (QED) is 0.690. The first kappa shape index (κ1) is 26.2. The summed E-state index contributed by atoms with van der Waals surface area (Å²) in [6.07, 6.45) is 5.40. The van der Waals surface area contributed by atoms with Crippen LogP contribution in [-0.4, -0.2) is 69.8 Å². The van der Waals surface area contributed by atoms with Crippen LogP contribution in [0.3, 0.4) is 0 Å². The number of alkyl halides is 3. The van der Waals surface area contributed by atoms with E-state index in [2.05, 4.69) is 19.8 Å². The van der Waals surface area contributed by atoms with Gasteiger partial charge in [-0.25, -0.2) is 9.78 Å². The number of benzene rings is 1. The van der Waals surface area contributed by atoms with E-state index >= 15 is 0 Å². The molecule has 1 aromatic carbocycles. The topological polar surface area (TPSA) is 95.9 Å². The second-order valence-electron chi connectivity index (χ2n) is 8.63. The number of carboxylic acids is 1. The maximum absolute atomic E-state index is 13.0. The van der Waals surface area contributed by atoms with Crippen LogP contribution in [0, 0.1) is 6.92 Å². The fourth-order valence-corrected chi connectivity index (χ4v) is 4.65. The predicted molar refractivity (Wildman–Crippen MR) is 122 cm³/mol. The summed E-state index contributed by atoms with van der Waals surface area (Å²) in [5, 5.41) is 7.12. The molecule has 190 valence electrons. The SMILES string of the molecule is Cc1ccccc1OCC(=O)N1CCCC12CCCN(c1cnccn1)CC2.O=C(O)C(F)(F)F. The zero-order chi connectivity index (χ0) is 25.5. The van der Waals surface area contributed by atoms with Gasteiger partial charge in [0.2, 0.25) is 0 Å². The summed E-state index contributed by atoms with van der Waals surface area (Å²) in [5.74, 6) is -0.932. The van der Waals surface area contributed by atoms with Crippen molar-refractivity contribution in [1.29, 1.82) is 0 Å². The van der Waals surface area contributed by atoms with Gasteiger partial charge in [0, 0.05) is 37.6 Å². The van der Waals surface area contributed by atoms with Crippen molar-refractivity contribution in [2.24, 2.45) is 0 Å². The van der Waals surface area contributed by atoms with E-state index in [-0.39, 0.29) is 18.1 Å². The third-order valence-electron chi connectivity index (χ3n) is 6.38. The van der Waals surface area contributed by atoms with Crippen molar-refractivity contribution >= 4 is 17.7 Å². The van der Waals surface area contributed by atoms with Crippen molar-refractivity contribution in [3.05, 3.63) is 48.4 Å². The highest BCUT2D eigenvalue weighted by Gasteiger charge is 2.44. The Bertz CT molecular complexity index is 1010. The van der Waals surface area contributed by atoms with Crippen LogP contribution >= 0.6 is 0 Å². The third-order valence-corrected chi connectivity index (χ3v) is 6.38. The second kappa shape index (κ2) is 11.4. The van der Waals surface area contributed by atoms with Crippen molar-refractivity contribution in [2.75, 3.05) is 31.1 Å². The number of carboxylic acid groups (broad SMARTS) is 1. The van der Waals surface area contributed by atoms with Gasteiger partial charge in [0.05, 0.1) is 6.20 Å². The number of nitrogens with zero attached hydrogens (tertiary/aromatic N) is 4. The lowest BCUT2D eigenvalue weighted by Gasteiger charge is -2.38. The van der Waals surface area contributed by atoms with Crippen molar-refractivity contribution in [2.45, 2.75) is 50.7 Å². The number of hydrogen-bond donors (Lipinski definition) is 1. The molecule has 1 aromatic heterocycles. The van der Waals surface area contributed by atoms with Gasteiger partial charge in [-0.1, -0.05) is 18.2 Å². The first-order valence-electron chi connectivity index (χ1n) is 11.4. The van der Waals surface area contributed by atoms with E-state index < -0.39 is 12.1 Å². The molecule has 4 rings (SSSR count). The van der Waals surface area contributed by atoms with Crippen molar-refractivity contribution in [3.63, 3.8) is 0 Å². The lowest BCUT2D eigenvalue weighted by Crippen LogP contribution is -2.49. The minimum absolute atomic E-state index is 0.0386. The summed E-state index contributed by atoms with van der Waals surface area (Å²) in [7, 11) is 0. The number of carbonyl (C=O) groups is 2. The highest BCUT2D eigenvalue weighted by atomic mass is 19.4. The van der Waals surface area contributed by atoms with Gasteiger partial charge >= 0.3 is 12.1 Å². The van der Waals surface area contributed by atoms with E-state index in [0.29, 0.717) is 0 Å². The van der Waals surface area contributed by atoms with Gasteiger partial charge in [-0.15, -0.1) is 0 Å². The molecule has 1 spiro atoms. The molecule has 0 saturated carbocycles. The average Bonchev–Trinajstić information content (AvgIpc) is 3.12. The number of amides is 1. The average molecular weight is 495 g/mol. The van der Waals surface area contributed by atoms with Crippen LogP contribution in [0.4, 0.5) is 19.0 Å². The van der Waals surface area contributed by atoms with Gasteiger partial charge in [0.15, 0.2) is 6.61 Å². The Morgan fingerprint density at radius 1 is 1.09 bits per heavy atom. The lowest BCUT2D eigenvalue weighted by atomic mass is 9.87. The number of aryl methyl sites for hydroxylation is 1. The number of rotatable bonds is 4. The van der Waals surface area contributed by atoms with Gasteiger partial charge in [-0.3, -0.25) is 9.78 Å². The molecule has 1 unspecified atom stereocenters. The largest absolute Gasteiger partial charge is 0.490 e. The molecule has 2 aliphatic rings. The molecule has 2 saturated heterocycles. The van der Waals surface area contributed by atoms with Crippen LogP contribution < -0.4 is 9.64 Å². The molecule has 2 aromatic rings. The molecular formula is C24H29F3N4O4. The van der Waals surface area contributed by atoms with Crippen LogP contribution in [-0.2, 0) is 9.59 Å². The molecule has 0 bridgehead atoms. The number of halogens is 3. The zero-order valence-electron chi connectivity index (χ0n) is 19.5. The fraction of sp³-hybridized carbons (Fsp3) is 0.500. The number of para-hydroxylation sites is 1. The Labute approximate surface area is 201 Å². The molecule has 1 N–H and O–H groups in total. The summed E-state index contributed by atoms with van der Waals surface area (Å²) >= 11 is 0. The normalized spacial score (nSPS) is 20.1. The minimum Gasteiger partial charge on any atom is -0.484 e. The Kier molecular flexibility index (Phi) is 8.52. The Morgan fingerprint density at radius 3 is 2.40 bits per heavy atom. The highest BCUT2D eigenvalue weighted by Crippen LogP contribution is 2.39. The number of likely N-dealkylation sites (tertiary alicyclic amines) is 1. The van der Waals surface area contributed by atoms with Crippen LogP contribution in [0.15, 0.2) is 42.9 Å². The van der Waals surface area contributed by atoms with E-state index in [1.165, 1.54) is 0 Å². The Hall–Kier alpha value is -3.37. The van der Waals surface area contributed by atoms with Crippen LogP contribution in [0.2, 0.25) is 0 Å². The Balaban J connectivity index is 0.000000429. The second-order valence-corrected chi connectivity index (χ2v) is 8.63. The minimum atomic E-state index is -5.08. The number of anilines is 1. The molecule has 8 nitrogen and oxygen atoms in total. The predicted octanol–water partition coefficient (Wildman–Crippen LogP) is 3.85. The van der Waals surface area contributed by atoms with Gasteiger partial charge in [-0.05, 0) is 50.7 Å². The summed E-state index contributed by atoms with van der Waals surface area (Å²) < 4.78 is 37.6. The first-order valence-corrected chi connectivity index (χ1v) is 11.4. The van der Waals surface area contributed by atoms with Crippen molar-refractivity contribution in [3.8, 4) is 5.75 Å². The van der Waals surface area contributed by atoms with E-state index in [1.54, 1.807) is 12.4 Å². The van der Waals surface area contributed by atoms with Crippen LogP contribution in [0.25, 0.3) is 0 Å². The van der Waals surface area contributed by atoms with Gasteiger partial charge < -0.3 is 19.6 Å². The summed E-state index contributed by atoms with van der Waals surface area (Å²) in [4.78, 5) is 35.0. The molecule has 11 heteroatoms. The van der Waals surface area contributed by atoms with Gasteiger partial charge in [0.1, 0.15) is 11.6 Å². The van der Waals surface area contributed by atoms with Crippen molar-refractivity contribution < 1.29 is 32.6 Å². The van der Waals surface area contributed by atoms with Gasteiger partial charge in [0.25, 0.3) is 5.91 Å². The third kappa shape index (κ3) is 6.83. The fourth-order valence-electron chi connectivity index (χ4n) is 4.65. The standard InChI is InChI=1S/C22H28N4O2.C2HF3O2/c1-18-6-2-3-7-19(18)28-17-21(27)26-14-5-9-22(26)8-4-13-25(15-10-22)20-16-23-11-12-24-20;3-2(4,5)1(6)7/h2-3,6-7,11-12,16H,4-5,8-10,13-15,17H2,1H3;(H,6,7). The van der Waals surface area contributed by atoms with Crippen LogP contribution in [0.1, 0.15) is 37.7 Å². The van der Waals surface area contributed by atoms with E-state index in [4.69, 9.17) is 14.6 Å². The maximum Gasteiger partial charge on any atom is 0.490 e. The molecule has 1 atom stereocenters. The molecule has 2 aliphatic heterocycles. The number of carbonyl (C=O) groups excluding carboxylic acids is 1. The maximum atomic E-state index is 13.0. The number of ether oxygens (including phenoxy) is 1. The summed E-state index contributed by atoms with van der Waals surface area (Å²) in [6.45, 7) is 4.81. The Morgan fingerprint density at radius 2 is 1.77 bits per heavy atom. The molecule has 0 radical (unpaired) electrons. The summed E-state index contributed by atoms with van der Waals surface area (Å²) in [5.41, 5.74) is 1.02. The number of hydrogen-bond acceptors (Lipinski definition) is 6. The van der Waals surface area contributed by atoms with Crippen molar-refractivity contribution in [1.82, 2.24) is 14.9 Å². The lowest BCUT2D eigenvalue weighted by molar-refractivity contribution is -0.192. The van der Waals surface area contributed by atoms with Crippen LogP contribution in [0.5, 0.6) is 5.75 Å². The molecule has 2 fully saturated rings. The molecule has 1 amide bonds. The number of aromatic nitrogens is 2.